The zero-order valence-corrected chi connectivity index (χ0v) is 12.8. The third-order valence-corrected chi connectivity index (χ3v) is 3.94. The number of H-pyrrole nitrogens is 1. The molecule has 5 nitrogen and oxygen atoms in total. The fraction of sp³-hybridized carbons (Fsp3) is 0.800. The number of nitrogens with zero attached hydrogens (tertiary/aromatic N) is 1. The quantitative estimate of drug-likeness (QED) is 0.497. The van der Waals surface area contributed by atoms with Gasteiger partial charge >= 0.3 is 0 Å². The van der Waals surface area contributed by atoms with Crippen LogP contribution in [0.1, 0.15) is 43.1 Å². The molecule has 1 unspecified atom stereocenters. The van der Waals surface area contributed by atoms with Gasteiger partial charge in [0.15, 0.2) is 0 Å². The van der Waals surface area contributed by atoms with Crippen LogP contribution in [0, 0.1) is 0 Å². The van der Waals surface area contributed by atoms with Gasteiger partial charge in [-0.1, -0.05) is 6.42 Å². The monoisotopic (exact) mass is 280 g/mol. The van der Waals surface area contributed by atoms with Crippen LogP contribution in [0.3, 0.4) is 0 Å². The maximum absolute atomic E-state index is 5.02. The molecule has 114 valence electrons. The predicted molar refractivity (Wildman–Crippen MR) is 80.9 cm³/mol. The molecule has 5 heteroatoms. The third kappa shape index (κ3) is 4.58. The van der Waals surface area contributed by atoms with Crippen molar-refractivity contribution >= 4 is 0 Å². The van der Waals surface area contributed by atoms with E-state index < -0.39 is 0 Å². The van der Waals surface area contributed by atoms with E-state index in [-0.39, 0.29) is 0 Å². The third-order valence-electron chi connectivity index (χ3n) is 3.94. The first-order valence-corrected chi connectivity index (χ1v) is 7.79. The Morgan fingerprint density at radius 3 is 3.00 bits per heavy atom. The normalized spacial score (nSPS) is 16.7. The van der Waals surface area contributed by atoms with Crippen molar-refractivity contribution in [3.05, 3.63) is 17.0 Å². The second-order valence-corrected chi connectivity index (χ2v) is 5.67. The molecule has 0 bridgehead atoms. The van der Waals surface area contributed by atoms with Crippen molar-refractivity contribution < 1.29 is 4.74 Å². The van der Waals surface area contributed by atoms with Gasteiger partial charge in [-0.05, 0) is 38.2 Å². The molecule has 0 fully saturated rings. The highest BCUT2D eigenvalue weighted by molar-refractivity contribution is 5.26. The van der Waals surface area contributed by atoms with Gasteiger partial charge in [-0.3, -0.25) is 5.10 Å². The van der Waals surface area contributed by atoms with E-state index >= 15 is 0 Å². The SMILES string of the molecule is COCCNCC(C)NCc1n[nH]c2c1CCCCC2. The fourth-order valence-electron chi connectivity index (χ4n) is 2.71. The smallest absolute Gasteiger partial charge is 0.0794 e. The molecule has 0 spiro atoms. The first kappa shape index (κ1) is 15.5. The standard InChI is InChI=1S/C15H28N4O/c1-12(10-16-8-9-20-2)17-11-15-13-6-4-3-5-7-14(13)18-19-15/h12,16-17H,3-11H2,1-2H3,(H,18,19). The predicted octanol–water partition coefficient (Wildman–Crippen LogP) is 1.39. The molecule has 1 heterocycles. The summed E-state index contributed by atoms with van der Waals surface area (Å²) in [5.41, 5.74) is 4.05. The number of rotatable bonds is 8. The Morgan fingerprint density at radius 1 is 1.30 bits per heavy atom. The van der Waals surface area contributed by atoms with Crippen LogP contribution >= 0.6 is 0 Å². The zero-order valence-electron chi connectivity index (χ0n) is 12.8. The van der Waals surface area contributed by atoms with E-state index in [1.54, 1.807) is 7.11 Å². The second kappa shape index (κ2) is 8.39. The van der Waals surface area contributed by atoms with E-state index in [9.17, 15) is 0 Å². The fourth-order valence-corrected chi connectivity index (χ4v) is 2.71. The summed E-state index contributed by atoms with van der Waals surface area (Å²) in [6, 6.07) is 0.435. The van der Waals surface area contributed by atoms with Gasteiger partial charge in [0.05, 0.1) is 12.3 Å². The molecule has 0 aromatic carbocycles. The number of aryl methyl sites for hydroxylation is 1. The minimum absolute atomic E-state index is 0.435. The van der Waals surface area contributed by atoms with E-state index in [1.165, 1.54) is 42.6 Å². The Morgan fingerprint density at radius 2 is 2.15 bits per heavy atom. The number of aromatic nitrogens is 2. The molecule has 1 aliphatic carbocycles. The lowest BCUT2D eigenvalue weighted by molar-refractivity contribution is 0.198. The Hall–Kier alpha value is -0.910. The molecule has 0 saturated carbocycles. The zero-order chi connectivity index (χ0) is 14.2. The average Bonchev–Trinajstić information content (AvgIpc) is 2.69. The van der Waals surface area contributed by atoms with Gasteiger partial charge in [0.1, 0.15) is 0 Å². The summed E-state index contributed by atoms with van der Waals surface area (Å²) in [4.78, 5) is 0. The lowest BCUT2D eigenvalue weighted by Crippen LogP contribution is -2.37. The van der Waals surface area contributed by atoms with Crippen molar-refractivity contribution in [3.8, 4) is 0 Å². The molecule has 2 rings (SSSR count). The van der Waals surface area contributed by atoms with Crippen LogP contribution in [-0.2, 0) is 24.1 Å². The molecule has 1 aromatic heterocycles. The lowest BCUT2D eigenvalue weighted by atomic mass is 10.1. The molecule has 20 heavy (non-hydrogen) atoms. The molecule has 0 aliphatic heterocycles. The van der Waals surface area contributed by atoms with Gasteiger partial charge in [-0.2, -0.15) is 5.10 Å². The molecule has 1 aliphatic rings. The van der Waals surface area contributed by atoms with E-state index in [4.69, 9.17) is 4.74 Å². The number of fused-ring (bicyclic) bond motifs is 1. The van der Waals surface area contributed by atoms with Crippen molar-refractivity contribution in [2.45, 2.75) is 51.6 Å². The van der Waals surface area contributed by atoms with E-state index in [0.29, 0.717) is 6.04 Å². The number of methoxy groups -OCH3 is 1. The first-order valence-electron chi connectivity index (χ1n) is 7.79. The molecule has 0 radical (unpaired) electrons. The van der Waals surface area contributed by atoms with Crippen LogP contribution in [0.4, 0.5) is 0 Å². The summed E-state index contributed by atoms with van der Waals surface area (Å²) in [6.07, 6.45) is 6.28. The second-order valence-electron chi connectivity index (χ2n) is 5.67. The highest BCUT2D eigenvalue weighted by atomic mass is 16.5. The summed E-state index contributed by atoms with van der Waals surface area (Å²) in [6.45, 7) is 5.68. The summed E-state index contributed by atoms with van der Waals surface area (Å²) in [5, 5.41) is 14.6. The average molecular weight is 280 g/mol. The van der Waals surface area contributed by atoms with Crippen LogP contribution in [-0.4, -0.2) is 43.0 Å². The Bertz CT molecular complexity index is 391. The first-order chi connectivity index (χ1) is 9.81. The topological polar surface area (TPSA) is 62.0 Å². The highest BCUT2D eigenvalue weighted by Crippen LogP contribution is 2.21. The molecular formula is C15H28N4O. The molecular weight excluding hydrogens is 252 g/mol. The van der Waals surface area contributed by atoms with Crippen LogP contribution < -0.4 is 10.6 Å². The number of nitrogens with one attached hydrogen (secondary N) is 3. The van der Waals surface area contributed by atoms with Crippen molar-refractivity contribution in [2.24, 2.45) is 0 Å². The van der Waals surface area contributed by atoms with Gasteiger partial charge in [-0.25, -0.2) is 0 Å². The van der Waals surface area contributed by atoms with Crippen LogP contribution in [0.15, 0.2) is 0 Å². The summed E-state index contributed by atoms with van der Waals surface area (Å²) < 4.78 is 5.02. The molecule has 3 N–H and O–H groups in total. The molecule has 0 amide bonds. The number of hydrogen-bond donors (Lipinski definition) is 3. The molecule has 1 atom stereocenters. The number of hydrogen-bond acceptors (Lipinski definition) is 4. The van der Waals surface area contributed by atoms with E-state index in [2.05, 4.69) is 27.8 Å². The number of ether oxygens (including phenoxy) is 1. The maximum Gasteiger partial charge on any atom is 0.0794 e. The van der Waals surface area contributed by atoms with Crippen LogP contribution in [0.5, 0.6) is 0 Å². The van der Waals surface area contributed by atoms with Gasteiger partial charge in [0.25, 0.3) is 0 Å². The van der Waals surface area contributed by atoms with Crippen LogP contribution in [0.25, 0.3) is 0 Å². The van der Waals surface area contributed by atoms with E-state index in [0.717, 1.165) is 32.7 Å². The number of aromatic amines is 1. The van der Waals surface area contributed by atoms with Gasteiger partial charge in [-0.15, -0.1) is 0 Å². The van der Waals surface area contributed by atoms with Gasteiger partial charge < -0.3 is 15.4 Å². The summed E-state index contributed by atoms with van der Waals surface area (Å²) in [5.74, 6) is 0. The minimum Gasteiger partial charge on any atom is -0.383 e. The highest BCUT2D eigenvalue weighted by Gasteiger charge is 2.15. The Labute approximate surface area is 121 Å². The maximum atomic E-state index is 5.02. The van der Waals surface area contributed by atoms with Crippen molar-refractivity contribution in [1.82, 2.24) is 20.8 Å². The summed E-state index contributed by atoms with van der Waals surface area (Å²) in [7, 11) is 1.73. The van der Waals surface area contributed by atoms with Gasteiger partial charge in [0.2, 0.25) is 0 Å². The van der Waals surface area contributed by atoms with Gasteiger partial charge in [0, 0.05) is 38.5 Å². The lowest BCUT2D eigenvalue weighted by Gasteiger charge is -2.14. The largest absolute Gasteiger partial charge is 0.383 e. The van der Waals surface area contributed by atoms with Crippen molar-refractivity contribution in [2.75, 3.05) is 26.8 Å². The van der Waals surface area contributed by atoms with Crippen LogP contribution in [0.2, 0.25) is 0 Å². The molecule has 0 saturated heterocycles. The Kier molecular flexibility index (Phi) is 6.50. The minimum atomic E-state index is 0.435. The summed E-state index contributed by atoms with van der Waals surface area (Å²) >= 11 is 0. The van der Waals surface area contributed by atoms with Crippen molar-refractivity contribution in [1.29, 1.82) is 0 Å². The van der Waals surface area contributed by atoms with E-state index in [1.807, 2.05) is 0 Å². The Balaban J connectivity index is 1.75. The van der Waals surface area contributed by atoms with Crippen molar-refractivity contribution in [3.63, 3.8) is 0 Å². The molecule has 1 aromatic rings.